The first-order chi connectivity index (χ1) is 15.3. The molecule has 4 rings (SSSR count). The molecule has 32 heavy (non-hydrogen) atoms. The standard InChI is InChI=1S/C26H27NO5/c1-5-22(28)30-17-16-27-20-12-8-7-11-19(20)25(3,4)26(27)15-14-18-10-9-13-21(24(18)32-26)31-23(29)6-2/h5-15,22,28H,1-2,16-17H2,3-4H3. The minimum Gasteiger partial charge on any atom is -0.459 e. The molecule has 2 unspecified atom stereocenters. The van der Waals surface area contributed by atoms with Gasteiger partial charge in [0.05, 0.1) is 12.0 Å². The Morgan fingerprint density at radius 2 is 2.00 bits per heavy atom. The third kappa shape index (κ3) is 3.42. The molecule has 6 heteroatoms. The van der Waals surface area contributed by atoms with Crippen LogP contribution in [-0.4, -0.2) is 36.2 Å². The SMILES string of the molecule is C=CC(=O)Oc1cccc2c1OC1(C=C2)N(CCOC(O)C=C)c2ccccc2C1(C)C. The van der Waals surface area contributed by atoms with Crippen molar-refractivity contribution in [2.24, 2.45) is 0 Å². The van der Waals surface area contributed by atoms with Crippen LogP contribution in [0.4, 0.5) is 5.69 Å². The zero-order chi connectivity index (χ0) is 22.9. The molecule has 2 aromatic carbocycles. The van der Waals surface area contributed by atoms with Crippen molar-refractivity contribution in [1.29, 1.82) is 0 Å². The van der Waals surface area contributed by atoms with Crippen LogP contribution in [0.3, 0.4) is 0 Å². The van der Waals surface area contributed by atoms with Gasteiger partial charge in [0.25, 0.3) is 0 Å². The van der Waals surface area contributed by atoms with Crippen LogP contribution in [0.2, 0.25) is 0 Å². The van der Waals surface area contributed by atoms with E-state index in [0.717, 1.165) is 22.9 Å². The Kier molecular flexibility index (Phi) is 5.67. The molecule has 6 nitrogen and oxygen atoms in total. The third-order valence-electron chi connectivity index (χ3n) is 6.10. The number of fused-ring (bicyclic) bond motifs is 2. The predicted octanol–water partition coefficient (Wildman–Crippen LogP) is 4.20. The molecule has 1 spiro atoms. The van der Waals surface area contributed by atoms with E-state index in [1.54, 1.807) is 6.07 Å². The van der Waals surface area contributed by atoms with Gasteiger partial charge in [0, 0.05) is 23.9 Å². The van der Waals surface area contributed by atoms with E-state index in [1.165, 1.54) is 6.08 Å². The Morgan fingerprint density at radius 3 is 2.75 bits per heavy atom. The van der Waals surface area contributed by atoms with Gasteiger partial charge in [-0.15, -0.1) is 0 Å². The molecule has 0 fully saturated rings. The summed E-state index contributed by atoms with van der Waals surface area (Å²) >= 11 is 0. The first kappa shape index (κ1) is 21.9. The van der Waals surface area contributed by atoms with E-state index in [1.807, 2.05) is 42.5 Å². The summed E-state index contributed by atoms with van der Waals surface area (Å²) < 4.78 is 17.7. The van der Waals surface area contributed by atoms with Gasteiger partial charge >= 0.3 is 5.97 Å². The molecular weight excluding hydrogens is 406 g/mol. The summed E-state index contributed by atoms with van der Waals surface area (Å²) in [7, 11) is 0. The van der Waals surface area contributed by atoms with Crippen LogP contribution in [0.5, 0.6) is 11.5 Å². The van der Waals surface area contributed by atoms with Crippen LogP contribution >= 0.6 is 0 Å². The van der Waals surface area contributed by atoms with Gasteiger partial charge in [-0.3, -0.25) is 0 Å². The molecule has 0 bridgehead atoms. The highest BCUT2D eigenvalue weighted by Gasteiger charge is 2.59. The van der Waals surface area contributed by atoms with E-state index in [4.69, 9.17) is 14.2 Å². The van der Waals surface area contributed by atoms with E-state index < -0.39 is 23.4 Å². The van der Waals surface area contributed by atoms with Gasteiger partial charge in [0.15, 0.2) is 17.8 Å². The Balaban J connectivity index is 1.78. The van der Waals surface area contributed by atoms with E-state index >= 15 is 0 Å². The van der Waals surface area contributed by atoms with Crippen LogP contribution in [0, 0.1) is 0 Å². The normalized spacial score (nSPS) is 20.8. The lowest BCUT2D eigenvalue weighted by atomic mass is 9.76. The topological polar surface area (TPSA) is 68.2 Å². The Morgan fingerprint density at radius 1 is 1.22 bits per heavy atom. The fraction of sp³-hybridized carbons (Fsp3) is 0.269. The molecule has 0 radical (unpaired) electrons. The molecule has 0 amide bonds. The largest absolute Gasteiger partial charge is 0.459 e. The quantitative estimate of drug-likeness (QED) is 0.232. The summed E-state index contributed by atoms with van der Waals surface area (Å²) in [6.07, 6.45) is 5.45. The van der Waals surface area contributed by atoms with E-state index in [0.29, 0.717) is 18.0 Å². The predicted molar refractivity (Wildman–Crippen MR) is 124 cm³/mol. The third-order valence-corrected chi connectivity index (χ3v) is 6.10. The molecule has 1 N–H and O–H groups in total. The number of carbonyl (C=O) groups excluding carboxylic acids is 1. The average Bonchev–Trinajstić information content (AvgIpc) is 2.98. The van der Waals surface area contributed by atoms with E-state index in [2.05, 4.69) is 38.0 Å². The number of rotatable bonds is 7. The Bertz CT molecular complexity index is 1090. The molecule has 2 aromatic rings. The van der Waals surface area contributed by atoms with Crippen LogP contribution in [-0.2, 0) is 14.9 Å². The van der Waals surface area contributed by atoms with Gasteiger partial charge in [-0.1, -0.05) is 43.5 Å². The Hall–Kier alpha value is -3.35. The van der Waals surface area contributed by atoms with Crippen molar-refractivity contribution in [3.63, 3.8) is 0 Å². The highest BCUT2D eigenvalue weighted by atomic mass is 16.6. The molecule has 2 atom stereocenters. The second-order valence-electron chi connectivity index (χ2n) is 8.22. The van der Waals surface area contributed by atoms with Crippen molar-refractivity contribution in [2.75, 3.05) is 18.1 Å². The van der Waals surface area contributed by atoms with E-state index in [9.17, 15) is 9.90 Å². The maximum absolute atomic E-state index is 11.9. The van der Waals surface area contributed by atoms with Gasteiger partial charge in [0.1, 0.15) is 0 Å². The molecule has 0 saturated heterocycles. The molecule has 166 valence electrons. The zero-order valence-electron chi connectivity index (χ0n) is 18.3. The summed E-state index contributed by atoms with van der Waals surface area (Å²) in [4.78, 5) is 14.0. The first-order valence-corrected chi connectivity index (χ1v) is 10.5. The summed E-state index contributed by atoms with van der Waals surface area (Å²) in [6, 6.07) is 13.6. The fourth-order valence-electron chi connectivity index (χ4n) is 4.44. The minimum absolute atomic E-state index is 0.260. The van der Waals surface area contributed by atoms with Crippen LogP contribution in [0.25, 0.3) is 6.08 Å². The number of esters is 1. The van der Waals surface area contributed by atoms with Crippen LogP contribution in [0.15, 0.2) is 73.9 Å². The maximum atomic E-state index is 11.9. The van der Waals surface area contributed by atoms with Crippen molar-refractivity contribution in [3.8, 4) is 11.5 Å². The van der Waals surface area contributed by atoms with E-state index in [-0.39, 0.29) is 6.61 Å². The highest BCUT2D eigenvalue weighted by molar-refractivity contribution is 5.84. The first-order valence-electron chi connectivity index (χ1n) is 10.5. The molecule has 0 aliphatic carbocycles. The molecular formula is C26H27NO5. The fourth-order valence-corrected chi connectivity index (χ4v) is 4.44. The number of nitrogens with zero attached hydrogens (tertiary/aromatic N) is 1. The number of hydrogen-bond acceptors (Lipinski definition) is 6. The summed E-state index contributed by atoms with van der Waals surface area (Å²) in [5.74, 6) is 0.271. The second kappa shape index (κ2) is 8.30. The smallest absolute Gasteiger partial charge is 0.335 e. The molecule has 2 heterocycles. The number of ether oxygens (including phenoxy) is 3. The van der Waals surface area contributed by atoms with Gasteiger partial charge in [0.2, 0.25) is 5.72 Å². The van der Waals surface area contributed by atoms with Crippen molar-refractivity contribution < 1.29 is 24.1 Å². The van der Waals surface area contributed by atoms with Crippen molar-refractivity contribution in [2.45, 2.75) is 31.3 Å². The molecule has 0 saturated carbocycles. The minimum atomic E-state index is -1.04. The lowest BCUT2D eigenvalue weighted by Gasteiger charge is -2.47. The number of aliphatic hydroxyl groups excluding tert-OH is 1. The molecule has 2 aliphatic heterocycles. The second-order valence-corrected chi connectivity index (χ2v) is 8.22. The molecule has 0 aromatic heterocycles. The van der Waals surface area contributed by atoms with Crippen LogP contribution in [0.1, 0.15) is 25.0 Å². The number of aliphatic hydroxyl groups is 1. The lowest BCUT2D eigenvalue weighted by molar-refractivity contribution is -0.129. The lowest BCUT2D eigenvalue weighted by Crippen LogP contribution is -2.60. The number of hydrogen-bond donors (Lipinski definition) is 1. The monoisotopic (exact) mass is 433 g/mol. The van der Waals surface area contributed by atoms with Gasteiger partial charge < -0.3 is 24.2 Å². The summed E-state index contributed by atoms with van der Waals surface area (Å²) in [5, 5.41) is 9.74. The van der Waals surface area contributed by atoms with Crippen molar-refractivity contribution >= 4 is 17.7 Å². The number of para-hydroxylation sites is 2. The number of carbonyl (C=O) groups is 1. The average molecular weight is 434 g/mol. The van der Waals surface area contributed by atoms with Gasteiger partial charge in [-0.05, 0) is 49.8 Å². The van der Waals surface area contributed by atoms with Crippen molar-refractivity contribution in [1.82, 2.24) is 0 Å². The maximum Gasteiger partial charge on any atom is 0.335 e. The molecule has 2 aliphatic rings. The van der Waals surface area contributed by atoms with Crippen molar-refractivity contribution in [3.05, 3.63) is 85.0 Å². The summed E-state index contributed by atoms with van der Waals surface area (Å²) in [5.41, 5.74) is 1.60. The number of benzene rings is 2. The number of anilines is 1. The van der Waals surface area contributed by atoms with Crippen LogP contribution < -0.4 is 14.4 Å². The zero-order valence-corrected chi connectivity index (χ0v) is 18.3. The summed E-state index contributed by atoms with van der Waals surface area (Å²) in [6.45, 7) is 12.0. The highest BCUT2D eigenvalue weighted by Crippen LogP contribution is 2.55. The van der Waals surface area contributed by atoms with Gasteiger partial charge in [-0.2, -0.15) is 0 Å². The Labute approximate surface area is 188 Å². The van der Waals surface area contributed by atoms with Gasteiger partial charge in [-0.25, -0.2) is 4.79 Å².